The van der Waals surface area contributed by atoms with Crippen LogP contribution in [-0.2, 0) is 19.1 Å². The molecule has 0 saturated carbocycles. The van der Waals surface area contributed by atoms with E-state index in [2.05, 4.69) is 6.58 Å². The van der Waals surface area contributed by atoms with Gasteiger partial charge in [-0.3, -0.25) is 9.59 Å². The lowest BCUT2D eigenvalue weighted by molar-refractivity contribution is -0.199. The number of aliphatic hydroxyl groups is 1. The van der Waals surface area contributed by atoms with Gasteiger partial charge >= 0.3 is 11.9 Å². The minimum absolute atomic E-state index is 0.0166. The number of esters is 2. The van der Waals surface area contributed by atoms with E-state index in [4.69, 9.17) is 9.47 Å². The zero-order chi connectivity index (χ0) is 15.3. The Labute approximate surface area is 119 Å². The van der Waals surface area contributed by atoms with E-state index in [1.807, 2.05) is 0 Å². The van der Waals surface area contributed by atoms with E-state index in [0.29, 0.717) is 12.8 Å². The SMILES string of the molecule is C=CC[C@H]1CC(=O)O[C@H](O)[C@@H]1CCOC(=O)C(C)(C)C. The Morgan fingerprint density at radius 1 is 1.55 bits per heavy atom. The van der Waals surface area contributed by atoms with Gasteiger partial charge in [0.2, 0.25) is 6.29 Å². The van der Waals surface area contributed by atoms with Crippen molar-refractivity contribution >= 4 is 11.9 Å². The van der Waals surface area contributed by atoms with E-state index in [0.717, 1.165) is 0 Å². The normalized spacial score (nSPS) is 26.8. The topological polar surface area (TPSA) is 72.8 Å². The van der Waals surface area contributed by atoms with Crippen LogP contribution in [-0.4, -0.2) is 29.9 Å². The van der Waals surface area contributed by atoms with Gasteiger partial charge in [-0.1, -0.05) is 6.08 Å². The fourth-order valence-corrected chi connectivity index (χ4v) is 2.22. The number of hydrogen-bond donors (Lipinski definition) is 1. The van der Waals surface area contributed by atoms with Crippen molar-refractivity contribution in [2.24, 2.45) is 17.3 Å². The van der Waals surface area contributed by atoms with Gasteiger partial charge in [0.15, 0.2) is 0 Å². The molecule has 0 aromatic carbocycles. The standard InChI is InChI=1S/C15H24O5/c1-5-6-10-9-12(16)20-13(17)11(10)7-8-19-14(18)15(2,3)4/h5,10-11,13,17H,1,6-9H2,2-4H3/t10-,11+,13-/m0/s1. The van der Waals surface area contributed by atoms with E-state index >= 15 is 0 Å². The molecule has 0 aromatic heterocycles. The monoisotopic (exact) mass is 284 g/mol. The van der Waals surface area contributed by atoms with Crippen LogP contribution in [0, 0.1) is 17.3 Å². The minimum atomic E-state index is -1.13. The third kappa shape index (κ3) is 4.63. The van der Waals surface area contributed by atoms with Gasteiger partial charge < -0.3 is 14.6 Å². The summed E-state index contributed by atoms with van der Waals surface area (Å²) < 4.78 is 10.0. The highest BCUT2D eigenvalue weighted by atomic mass is 16.6. The molecular formula is C15H24O5. The third-order valence-corrected chi connectivity index (χ3v) is 3.42. The highest BCUT2D eigenvalue weighted by Gasteiger charge is 2.37. The second kappa shape index (κ2) is 6.88. The molecule has 1 heterocycles. The molecule has 1 fully saturated rings. The van der Waals surface area contributed by atoms with Crippen LogP contribution in [0.25, 0.3) is 0 Å². The van der Waals surface area contributed by atoms with E-state index in [9.17, 15) is 14.7 Å². The van der Waals surface area contributed by atoms with Crippen LogP contribution >= 0.6 is 0 Å². The van der Waals surface area contributed by atoms with Crippen molar-refractivity contribution in [3.8, 4) is 0 Å². The molecule has 3 atom stereocenters. The number of hydrogen-bond acceptors (Lipinski definition) is 5. The number of carbonyl (C=O) groups excluding carboxylic acids is 2. The minimum Gasteiger partial charge on any atom is -0.465 e. The zero-order valence-electron chi connectivity index (χ0n) is 12.4. The number of rotatable bonds is 5. The largest absolute Gasteiger partial charge is 0.465 e. The van der Waals surface area contributed by atoms with Crippen molar-refractivity contribution in [3.63, 3.8) is 0 Å². The molecule has 0 amide bonds. The van der Waals surface area contributed by atoms with E-state index < -0.39 is 17.7 Å². The number of allylic oxidation sites excluding steroid dienone is 1. The van der Waals surface area contributed by atoms with E-state index in [1.54, 1.807) is 26.8 Å². The Morgan fingerprint density at radius 3 is 2.75 bits per heavy atom. The maximum Gasteiger partial charge on any atom is 0.311 e. The van der Waals surface area contributed by atoms with Crippen LogP contribution in [0.2, 0.25) is 0 Å². The summed E-state index contributed by atoms with van der Waals surface area (Å²) in [7, 11) is 0. The first-order valence-electron chi connectivity index (χ1n) is 6.91. The summed E-state index contributed by atoms with van der Waals surface area (Å²) in [5, 5.41) is 9.84. The first-order chi connectivity index (χ1) is 9.25. The van der Waals surface area contributed by atoms with Gasteiger partial charge in [0.1, 0.15) is 0 Å². The first kappa shape index (κ1) is 16.7. The molecule has 0 unspecified atom stereocenters. The number of ether oxygens (including phenoxy) is 2. The second-order valence-corrected chi connectivity index (χ2v) is 6.21. The molecule has 0 radical (unpaired) electrons. The maximum absolute atomic E-state index is 11.7. The molecule has 1 N–H and O–H groups in total. The lowest BCUT2D eigenvalue weighted by atomic mass is 9.82. The second-order valence-electron chi connectivity index (χ2n) is 6.21. The Hall–Kier alpha value is -1.36. The Morgan fingerprint density at radius 2 is 2.20 bits per heavy atom. The highest BCUT2D eigenvalue weighted by molar-refractivity contribution is 5.75. The molecule has 5 heteroatoms. The van der Waals surface area contributed by atoms with Gasteiger partial charge in [0.25, 0.3) is 0 Å². The van der Waals surface area contributed by atoms with Crippen LogP contribution in [0.5, 0.6) is 0 Å². The van der Waals surface area contributed by atoms with Crippen molar-refractivity contribution in [1.82, 2.24) is 0 Å². The number of carbonyl (C=O) groups is 2. The van der Waals surface area contributed by atoms with Crippen LogP contribution in [0.15, 0.2) is 12.7 Å². The summed E-state index contributed by atoms with van der Waals surface area (Å²) in [4.78, 5) is 23.0. The van der Waals surface area contributed by atoms with Crippen LogP contribution < -0.4 is 0 Å². The molecule has 0 aliphatic carbocycles. The fourth-order valence-electron chi connectivity index (χ4n) is 2.22. The molecule has 114 valence electrons. The molecule has 1 aliphatic heterocycles. The summed E-state index contributed by atoms with van der Waals surface area (Å²) in [6.07, 6.45) is 1.96. The lowest BCUT2D eigenvalue weighted by Crippen LogP contribution is -2.39. The summed E-state index contributed by atoms with van der Waals surface area (Å²) in [6, 6.07) is 0. The maximum atomic E-state index is 11.7. The van der Waals surface area contributed by atoms with Crippen molar-refractivity contribution < 1.29 is 24.2 Å². The van der Waals surface area contributed by atoms with Gasteiger partial charge in [-0.15, -0.1) is 6.58 Å². The van der Waals surface area contributed by atoms with Gasteiger partial charge in [-0.2, -0.15) is 0 Å². The van der Waals surface area contributed by atoms with Crippen LogP contribution in [0.3, 0.4) is 0 Å². The Kier molecular flexibility index (Phi) is 5.74. The summed E-state index contributed by atoms with van der Waals surface area (Å²) in [5.74, 6) is -0.914. The average molecular weight is 284 g/mol. The predicted octanol–water partition coefficient (Wildman–Crippen LogP) is 2.04. The highest BCUT2D eigenvalue weighted by Crippen LogP contribution is 2.32. The lowest BCUT2D eigenvalue weighted by Gasteiger charge is -2.34. The van der Waals surface area contributed by atoms with Crippen LogP contribution in [0.1, 0.15) is 40.0 Å². The molecule has 0 bridgehead atoms. The van der Waals surface area contributed by atoms with E-state index in [1.165, 1.54) is 0 Å². The molecule has 0 aromatic rings. The number of cyclic esters (lactones) is 1. The third-order valence-electron chi connectivity index (χ3n) is 3.42. The summed E-state index contributed by atoms with van der Waals surface area (Å²) in [5.41, 5.74) is -0.543. The molecule has 20 heavy (non-hydrogen) atoms. The predicted molar refractivity (Wildman–Crippen MR) is 73.5 cm³/mol. The molecule has 1 rings (SSSR count). The van der Waals surface area contributed by atoms with Gasteiger partial charge in [-0.05, 0) is 39.5 Å². The molecule has 0 spiro atoms. The molecular weight excluding hydrogens is 260 g/mol. The Bertz CT molecular complexity index is 369. The van der Waals surface area contributed by atoms with Crippen molar-refractivity contribution in [2.75, 3.05) is 6.61 Å². The van der Waals surface area contributed by atoms with Gasteiger partial charge in [-0.25, -0.2) is 0 Å². The fraction of sp³-hybridized carbons (Fsp3) is 0.733. The zero-order valence-corrected chi connectivity index (χ0v) is 12.4. The average Bonchev–Trinajstić information content (AvgIpc) is 2.31. The van der Waals surface area contributed by atoms with Crippen molar-refractivity contribution in [3.05, 3.63) is 12.7 Å². The summed E-state index contributed by atoms with van der Waals surface area (Å²) >= 11 is 0. The van der Waals surface area contributed by atoms with Crippen LogP contribution in [0.4, 0.5) is 0 Å². The first-order valence-corrected chi connectivity index (χ1v) is 6.91. The van der Waals surface area contributed by atoms with Crippen molar-refractivity contribution in [2.45, 2.75) is 46.3 Å². The van der Waals surface area contributed by atoms with Gasteiger partial charge in [0, 0.05) is 12.3 Å². The molecule has 1 saturated heterocycles. The molecule has 5 nitrogen and oxygen atoms in total. The smallest absolute Gasteiger partial charge is 0.311 e. The van der Waals surface area contributed by atoms with Gasteiger partial charge in [0.05, 0.1) is 12.0 Å². The van der Waals surface area contributed by atoms with E-state index in [-0.39, 0.29) is 30.8 Å². The number of aliphatic hydroxyl groups excluding tert-OH is 1. The Balaban J connectivity index is 2.52. The van der Waals surface area contributed by atoms with Crippen molar-refractivity contribution in [1.29, 1.82) is 0 Å². The quantitative estimate of drug-likeness (QED) is 0.618. The summed E-state index contributed by atoms with van der Waals surface area (Å²) in [6.45, 7) is 9.23. The molecule has 1 aliphatic rings.